The summed E-state index contributed by atoms with van der Waals surface area (Å²) in [6.07, 6.45) is 0. The number of hydrogen-bond donors (Lipinski definition) is 0. The van der Waals surface area contributed by atoms with Gasteiger partial charge < -0.3 is 9.47 Å². The van der Waals surface area contributed by atoms with Crippen molar-refractivity contribution in [2.45, 2.75) is 35.7 Å². The van der Waals surface area contributed by atoms with Gasteiger partial charge in [-0.25, -0.2) is 0 Å². The molecule has 0 rings (SSSR count). The van der Waals surface area contributed by atoms with Crippen molar-refractivity contribution in [2.75, 3.05) is 0 Å². The molecule has 0 saturated carbocycles. The highest BCUT2D eigenvalue weighted by molar-refractivity contribution is 6.56. The SMILES string of the molecule is CC(=O)OC(Cl)(OC(C)=O)C(Cl)(Cl)C(C)Cl. The fourth-order valence-corrected chi connectivity index (χ4v) is 1.50. The van der Waals surface area contributed by atoms with Crippen molar-refractivity contribution < 1.29 is 19.1 Å². The molecule has 0 aliphatic rings. The minimum Gasteiger partial charge on any atom is -0.406 e. The maximum absolute atomic E-state index is 10.9. The first kappa shape index (κ1) is 16.1. The number of halogens is 4. The van der Waals surface area contributed by atoms with Crippen LogP contribution in [0, 0.1) is 0 Å². The van der Waals surface area contributed by atoms with E-state index in [2.05, 4.69) is 9.47 Å². The summed E-state index contributed by atoms with van der Waals surface area (Å²) < 4.78 is 7.23. The number of esters is 2. The zero-order valence-electron chi connectivity index (χ0n) is 8.72. The van der Waals surface area contributed by atoms with Gasteiger partial charge in [-0.3, -0.25) is 9.59 Å². The normalized spacial score (nSPS) is 14.2. The molecule has 0 aliphatic carbocycles. The van der Waals surface area contributed by atoms with E-state index in [1.54, 1.807) is 0 Å². The Hall–Kier alpha value is 0.1000. The van der Waals surface area contributed by atoms with Gasteiger partial charge >= 0.3 is 17.2 Å². The maximum Gasteiger partial charge on any atom is 0.373 e. The molecule has 8 heteroatoms. The average Bonchev–Trinajstić information content (AvgIpc) is 1.99. The number of carbonyl (C=O) groups excluding carboxylic acids is 2. The van der Waals surface area contributed by atoms with E-state index in [0.29, 0.717) is 0 Å². The molecular weight excluding hydrogens is 302 g/mol. The van der Waals surface area contributed by atoms with Crippen LogP contribution in [0.5, 0.6) is 0 Å². The Balaban J connectivity index is 5.20. The third-order valence-electron chi connectivity index (χ3n) is 1.45. The lowest BCUT2D eigenvalue weighted by Crippen LogP contribution is -2.52. The van der Waals surface area contributed by atoms with Gasteiger partial charge in [-0.1, -0.05) is 23.2 Å². The second kappa shape index (κ2) is 5.63. The average molecular weight is 312 g/mol. The summed E-state index contributed by atoms with van der Waals surface area (Å²) in [6.45, 7) is 3.53. The van der Waals surface area contributed by atoms with Crippen LogP contribution in [0.4, 0.5) is 0 Å². The lowest BCUT2D eigenvalue weighted by molar-refractivity contribution is -0.200. The lowest BCUT2D eigenvalue weighted by atomic mass is 10.3. The van der Waals surface area contributed by atoms with Gasteiger partial charge in [-0.15, -0.1) is 11.6 Å². The standard InChI is InChI=1S/C8H10Cl4O4/c1-4(9)7(10,11)8(12,15-5(2)13)16-6(3)14/h4H,1-3H3. The summed E-state index contributed by atoms with van der Waals surface area (Å²) in [5.41, 5.74) is 0. The zero-order chi connectivity index (χ0) is 13.1. The second-order valence-electron chi connectivity index (χ2n) is 2.96. The molecule has 0 heterocycles. The third-order valence-corrected chi connectivity index (χ3v) is 3.80. The summed E-state index contributed by atoms with van der Waals surface area (Å²) in [5.74, 6) is -1.64. The van der Waals surface area contributed by atoms with E-state index in [-0.39, 0.29) is 0 Å². The molecule has 0 radical (unpaired) electrons. The fourth-order valence-electron chi connectivity index (χ4n) is 0.764. The van der Waals surface area contributed by atoms with Gasteiger partial charge in [0.2, 0.25) is 4.33 Å². The molecule has 94 valence electrons. The van der Waals surface area contributed by atoms with E-state index in [9.17, 15) is 9.59 Å². The summed E-state index contributed by atoms with van der Waals surface area (Å²) in [4.78, 5) is 21.7. The molecule has 1 unspecified atom stereocenters. The third kappa shape index (κ3) is 3.84. The van der Waals surface area contributed by atoms with Crippen molar-refractivity contribution in [3.8, 4) is 0 Å². The summed E-state index contributed by atoms with van der Waals surface area (Å²) in [7, 11) is 0. The Labute approximate surface area is 113 Å². The molecule has 0 aromatic carbocycles. The summed E-state index contributed by atoms with van der Waals surface area (Å²) in [6, 6.07) is 0. The molecule has 1 atom stereocenters. The van der Waals surface area contributed by atoms with Crippen LogP contribution in [-0.4, -0.2) is 26.9 Å². The minimum absolute atomic E-state index is 0.820. The number of hydrogen-bond acceptors (Lipinski definition) is 4. The summed E-state index contributed by atoms with van der Waals surface area (Å²) >= 11 is 23.1. The van der Waals surface area contributed by atoms with Gasteiger partial charge in [0.15, 0.2) is 0 Å². The topological polar surface area (TPSA) is 52.6 Å². The molecule has 0 aromatic rings. The van der Waals surface area contributed by atoms with Crippen LogP contribution < -0.4 is 0 Å². The van der Waals surface area contributed by atoms with Gasteiger partial charge in [-0.05, 0) is 18.5 Å². The van der Waals surface area contributed by atoms with Crippen molar-refractivity contribution in [3.05, 3.63) is 0 Å². The first-order valence-electron chi connectivity index (χ1n) is 4.13. The van der Waals surface area contributed by atoms with Gasteiger partial charge in [0, 0.05) is 13.8 Å². The summed E-state index contributed by atoms with van der Waals surface area (Å²) in [5, 5.41) is -3.30. The maximum atomic E-state index is 10.9. The zero-order valence-corrected chi connectivity index (χ0v) is 11.7. The molecule has 16 heavy (non-hydrogen) atoms. The predicted octanol–water partition coefficient (Wildman–Crippen LogP) is 2.81. The van der Waals surface area contributed by atoms with Gasteiger partial charge in [0.25, 0.3) is 0 Å². The van der Waals surface area contributed by atoms with Gasteiger partial charge in [0.1, 0.15) is 0 Å². The lowest BCUT2D eigenvalue weighted by Gasteiger charge is -2.36. The van der Waals surface area contributed by atoms with Crippen LogP contribution in [0.2, 0.25) is 0 Å². The smallest absolute Gasteiger partial charge is 0.373 e. The van der Waals surface area contributed by atoms with E-state index in [4.69, 9.17) is 46.4 Å². The molecule has 0 spiro atoms. The first-order valence-corrected chi connectivity index (χ1v) is 5.70. The van der Waals surface area contributed by atoms with E-state index in [1.165, 1.54) is 6.92 Å². The van der Waals surface area contributed by atoms with Crippen LogP contribution in [0.15, 0.2) is 0 Å². The Morgan fingerprint density at radius 3 is 1.56 bits per heavy atom. The van der Waals surface area contributed by atoms with E-state index >= 15 is 0 Å². The fraction of sp³-hybridized carbons (Fsp3) is 0.750. The van der Waals surface area contributed by atoms with Crippen LogP contribution in [-0.2, 0) is 19.1 Å². The van der Waals surface area contributed by atoms with Crippen LogP contribution in [0.3, 0.4) is 0 Å². The van der Waals surface area contributed by atoms with Crippen molar-refractivity contribution in [1.29, 1.82) is 0 Å². The number of carbonyl (C=O) groups is 2. The van der Waals surface area contributed by atoms with Crippen LogP contribution >= 0.6 is 46.4 Å². The highest BCUT2D eigenvalue weighted by atomic mass is 35.5. The number of alkyl halides is 4. The molecular formula is C8H10Cl4O4. The number of rotatable bonds is 4. The second-order valence-corrected chi connectivity index (χ2v) is 5.50. The quantitative estimate of drug-likeness (QED) is 0.455. The van der Waals surface area contributed by atoms with Crippen molar-refractivity contribution in [3.63, 3.8) is 0 Å². The first-order chi connectivity index (χ1) is 7.03. The highest BCUT2D eigenvalue weighted by Crippen LogP contribution is 2.45. The minimum atomic E-state index is -2.37. The Kier molecular flexibility index (Phi) is 5.66. The molecule has 0 fully saturated rings. The van der Waals surface area contributed by atoms with Crippen molar-refractivity contribution in [1.82, 2.24) is 0 Å². The van der Waals surface area contributed by atoms with Crippen LogP contribution in [0.1, 0.15) is 20.8 Å². The molecule has 0 aromatic heterocycles. The van der Waals surface area contributed by atoms with Gasteiger partial charge in [-0.2, -0.15) is 0 Å². The van der Waals surface area contributed by atoms with E-state index in [1.807, 2.05) is 0 Å². The van der Waals surface area contributed by atoms with Crippen LogP contribution in [0.25, 0.3) is 0 Å². The van der Waals surface area contributed by atoms with E-state index in [0.717, 1.165) is 13.8 Å². The number of ether oxygens (including phenoxy) is 2. The van der Waals surface area contributed by atoms with E-state index < -0.39 is 26.9 Å². The molecule has 0 bridgehead atoms. The molecule has 0 N–H and O–H groups in total. The molecule has 4 nitrogen and oxygen atoms in total. The Morgan fingerprint density at radius 1 is 1.06 bits per heavy atom. The Morgan fingerprint density at radius 2 is 1.38 bits per heavy atom. The molecule has 0 saturated heterocycles. The van der Waals surface area contributed by atoms with Gasteiger partial charge in [0.05, 0.1) is 5.38 Å². The molecule has 0 amide bonds. The Bertz CT molecular complexity index is 274. The largest absolute Gasteiger partial charge is 0.406 e. The van der Waals surface area contributed by atoms with Crippen molar-refractivity contribution >= 4 is 58.3 Å². The van der Waals surface area contributed by atoms with Crippen molar-refractivity contribution in [2.24, 2.45) is 0 Å². The highest BCUT2D eigenvalue weighted by Gasteiger charge is 2.58. The predicted molar refractivity (Wildman–Crippen MR) is 61.9 cm³/mol. The molecule has 0 aliphatic heterocycles. The monoisotopic (exact) mass is 310 g/mol.